The van der Waals surface area contributed by atoms with E-state index in [-0.39, 0.29) is 5.91 Å². The van der Waals surface area contributed by atoms with E-state index in [0.717, 1.165) is 6.54 Å². The van der Waals surface area contributed by atoms with E-state index in [1.54, 1.807) is 0 Å². The maximum Gasteiger partial charge on any atom is 0.234 e. The van der Waals surface area contributed by atoms with Gasteiger partial charge in [0, 0.05) is 24.7 Å². The summed E-state index contributed by atoms with van der Waals surface area (Å²) in [6.45, 7) is 5.65. The van der Waals surface area contributed by atoms with Crippen LogP contribution in [0, 0.1) is 5.92 Å². The minimum Gasteiger partial charge on any atom is -0.355 e. The SMILES string of the molecule is CNC1CC2CCCC(C1)N2CC(=O)NCC(C)C. The predicted molar refractivity (Wildman–Crippen MR) is 78.1 cm³/mol. The number of amides is 1. The lowest BCUT2D eigenvalue weighted by Gasteiger charge is -2.48. The zero-order valence-electron chi connectivity index (χ0n) is 12.6. The Balaban J connectivity index is 1.87. The molecule has 2 atom stereocenters. The minimum atomic E-state index is 0.202. The topological polar surface area (TPSA) is 44.4 Å². The van der Waals surface area contributed by atoms with Crippen molar-refractivity contribution in [2.45, 2.75) is 64.1 Å². The first-order chi connectivity index (χ1) is 9.10. The quantitative estimate of drug-likeness (QED) is 0.790. The Labute approximate surface area is 117 Å². The summed E-state index contributed by atoms with van der Waals surface area (Å²) in [5.74, 6) is 0.729. The van der Waals surface area contributed by atoms with E-state index in [4.69, 9.17) is 0 Å². The molecule has 2 unspecified atom stereocenters. The molecule has 4 nitrogen and oxygen atoms in total. The third-order valence-electron chi connectivity index (χ3n) is 4.57. The monoisotopic (exact) mass is 267 g/mol. The number of fused-ring (bicyclic) bond motifs is 2. The molecule has 0 aliphatic carbocycles. The van der Waals surface area contributed by atoms with Crippen molar-refractivity contribution in [3.05, 3.63) is 0 Å². The maximum atomic E-state index is 12.0. The largest absolute Gasteiger partial charge is 0.355 e. The molecule has 2 aliphatic heterocycles. The standard InChI is InChI=1S/C15H29N3O/c1-11(2)9-17-15(19)10-18-13-5-4-6-14(18)8-12(7-13)16-3/h11-14,16H,4-10H2,1-3H3,(H,17,19). The molecule has 2 heterocycles. The van der Waals surface area contributed by atoms with Crippen LogP contribution >= 0.6 is 0 Å². The van der Waals surface area contributed by atoms with Crippen LogP contribution in [0.25, 0.3) is 0 Å². The molecule has 2 bridgehead atoms. The van der Waals surface area contributed by atoms with Gasteiger partial charge in [0.15, 0.2) is 0 Å². The third kappa shape index (κ3) is 3.93. The van der Waals surface area contributed by atoms with Gasteiger partial charge in [-0.3, -0.25) is 9.69 Å². The fourth-order valence-electron chi connectivity index (χ4n) is 3.51. The summed E-state index contributed by atoms with van der Waals surface area (Å²) in [6.07, 6.45) is 6.24. The molecule has 0 aromatic heterocycles. The first kappa shape index (κ1) is 14.8. The summed E-state index contributed by atoms with van der Waals surface area (Å²) < 4.78 is 0. The van der Waals surface area contributed by atoms with Crippen LogP contribution < -0.4 is 10.6 Å². The van der Waals surface area contributed by atoms with Gasteiger partial charge in [0.1, 0.15) is 0 Å². The van der Waals surface area contributed by atoms with Gasteiger partial charge < -0.3 is 10.6 Å². The molecule has 0 saturated carbocycles. The normalized spacial score (nSPS) is 31.5. The van der Waals surface area contributed by atoms with Crippen LogP contribution in [0.1, 0.15) is 46.0 Å². The van der Waals surface area contributed by atoms with Gasteiger partial charge in [-0.1, -0.05) is 20.3 Å². The van der Waals surface area contributed by atoms with Gasteiger partial charge in [-0.15, -0.1) is 0 Å². The van der Waals surface area contributed by atoms with Gasteiger partial charge in [-0.25, -0.2) is 0 Å². The van der Waals surface area contributed by atoms with E-state index < -0.39 is 0 Å². The van der Waals surface area contributed by atoms with Gasteiger partial charge in [0.2, 0.25) is 5.91 Å². The van der Waals surface area contributed by atoms with E-state index in [2.05, 4.69) is 36.4 Å². The van der Waals surface area contributed by atoms with Crippen LogP contribution in [0.4, 0.5) is 0 Å². The number of rotatable bonds is 5. The smallest absolute Gasteiger partial charge is 0.234 e. The molecular weight excluding hydrogens is 238 g/mol. The van der Waals surface area contributed by atoms with Crippen LogP contribution in [-0.4, -0.2) is 49.1 Å². The van der Waals surface area contributed by atoms with Gasteiger partial charge in [-0.05, 0) is 38.6 Å². The van der Waals surface area contributed by atoms with E-state index >= 15 is 0 Å². The average Bonchev–Trinajstić information content (AvgIpc) is 2.36. The highest BCUT2D eigenvalue weighted by Crippen LogP contribution is 2.33. The summed E-state index contributed by atoms with van der Waals surface area (Å²) in [4.78, 5) is 14.5. The third-order valence-corrected chi connectivity index (χ3v) is 4.57. The molecule has 2 rings (SSSR count). The van der Waals surface area contributed by atoms with Gasteiger partial charge in [0.05, 0.1) is 6.54 Å². The Morgan fingerprint density at radius 2 is 1.89 bits per heavy atom. The lowest BCUT2D eigenvalue weighted by molar-refractivity contribution is -0.125. The van der Waals surface area contributed by atoms with Gasteiger partial charge >= 0.3 is 0 Å². The lowest BCUT2D eigenvalue weighted by Crippen LogP contribution is -2.58. The average molecular weight is 267 g/mol. The van der Waals surface area contributed by atoms with E-state index in [0.29, 0.717) is 30.6 Å². The van der Waals surface area contributed by atoms with Crippen molar-refractivity contribution in [1.82, 2.24) is 15.5 Å². The molecule has 0 aromatic rings. The molecule has 110 valence electrons. The van der Waals surface area contributed by atoms with Gasteiger partial charge in [0.25, 0.3) is 0 Å². The number of nitrogens with one attached hydrogen (secondary N) is 2. The first-order valence-corrected chi connectivity index (χ1v) is 7.79. The number of carbonyl (C=O) groups is 1. The number of hydrogen-bond acceptors (Lipinski definition) is 3. The summed E-state index contributed by atoms with van der Waals surface area (Å²) in [6, 6.07) is 1.86. The molecule has 2 N–H and O–H groups in total. The highest BCUT2D eigenvalue weighted by Gasteiger charge is 2.38. The molecule has 0 radical (unpaired) electrons. The summed E-state index contributed by atoms with van der Waals surface area (Å²) in [7, 11) is 2.06. The fourth-order valence-corrected chi connectivity index (χ4v) is 3.51. The molecule has 4 heteroatoms. The van der Waals surface area contributed by atoms with Crippen molar-refractivity contribution in [2.24, 2.45) is 5.92 Å². The van der Waals surface area contributed by atoms with Crippen molar-refractivity contribution in [3.63, 3.8) is 0 Å². The summed E-state index contributed by atoms with van der Waals surface area (Å²) >= 11 is 0. The Bertz CT molecular complexity index is 292. The zero-order valence-corrected chi connectivity index (χ0v) is 12.6. The second-order valence-corrected chi connectivity index (χ2v) is 6.57. The van der Waals surface area contributed by atoms with Crippen LogP contribution in [-0.2, 0) is 4.79 Å². The van der Waals surface area contributed by atoms with Gasteiger partial charge in [-0.2, -0.15) is 0 Å². The Morgan fingerprint density at radius 1 is 1.26 bits per heavy atom. The highest BCUT2D eigenvalue weighted by atomic mass is 16.2. The van der Waals surface area contributed by atoms with Crippen LogP contribution in [0.5, 0.6) is 0 Å². The van der Waals surface area contributed by atoms with Crippen molar-refractivity contribution in [2.75, 3.05) is 20.1 Å². The van der Waals surface area contributed by atoms with Crippen molar-refractivity contribution in [1.29, 1.82) is 0 Å². The van der Waals surface area contributed by atoms with Crippen LogP contribution in [0.2, 0.25) is 0 Å². The first-order valence-electron chi connectivity index (χ1n) is 7.79. The summed E-state index contributed by atoms with van der Waals surface area (Å²) in [5.41, 5.74) is 0. The molecule has 2 saturated heterocycles. The molecule has 0 aromatic carbocycles. The van der Waals surface area contributed by atoms with Crippen LogP contribution in [0.15, 0.2) is 0 Å². The van der Waals surface area contributed by atoms with E-state index in [9.17, 15) is 4.79 Å². The van der Waals surface area contributed by atoms with Crippen molar-refractivity contribution < 1.29 is 4.79 Å². The number of hydrogen-bond donors (Lipinski definition) is 2. The molecule has 2 fully saturated rings. The summed E-state index contributed by atoms with van der Waals surface area (Å²) in [5, 5.41) is 6.47. The lowest BCUT2D eigenvalue weighted by atomic mass is 9.82. The number of piperidine rings is 2. The van der Waals surface area contributed by atoms with E-state index in [1.807, 2.05) is 0 Å². The fraction of sp³-hybridized carbons (Fsp3) is 0.933. The van der Waals surface area contributed by atoms with E-state index in [1.165, 1.54) is 32.1 Å². The Morgan fingerprint density at radius 3 is 2.42 bits per heavy atom. The number of carbonyl (C=O) groups excluding carboxylic acids is 1. The second kappa shape index (κ2) is 6.71. The Hall–Kier alpha value is -0.610. The number of nitrogens with zero attached hydrogens (tertiary/aromatic N) is 1. The zero-order chi connectivity index (χ0) is 13.8. The minimum absolute atomic E-state index is 0.202. The van der Waals surface area contributed by atoms with Crippen LogP contribution in [0.3, 0.4) is 0 Å². The highest BCUT2D eigenvalue weighted by molar-refractivity contribution is 5.78. The Kier molecular flexibility index (Phi) is 5.22. The molecule has 0 spiro atoms. The van der Waals surface area contributed by atoms with Crippen molar-refractivity contribution >= 4 is 5.91 Å². The molecular formula is C15H29N3O. The van der Waals surface area contributed by atoms with Crippen molar-refractivity contribution in [3.8, 4) is 0 Å². The predicted octanol–water partition coefficient (Wildman–Crippen LogP) is 1.36. The molecule has 1 amide bonds. The second-order valence-electron chi connectivity index (χ2n) is 6.57. The maximum absolute atomic E-state index is 12.0. The molecule has 2 aliphatic rings. The molecule has 19 heavy (non-hydrogen) atoms.